The van der Waals surface area contributed by atoms with E-state index >= 15 is 0 Å². The smallest absolute Gasteiger partial charge is 0.213 e. The SMILES string of the molecule is CC.CCC1CONC(c2c(=O)cnn3c(C)n[nH]c23)=N1. The van der Waals surface area contributed by atoms with E-state index in [1.54, 1.807) is 11.4 Å². The molecule has 0 radical (unpaired) electrons. The van der Waals surface area contributed by atoms with Gasteiger partial charge in [0, 0.05) is 0 Å². The van der Waals surface area contributed by atoms with Gasteiger partial charge in [-0.15, -0.1) is 0 Å². The largest absolute Gasteiger partial charge is 0.287 e. The number of aliphatic imine (C=N–C) groups is 1. The first-order valence-electron chi connectivity index (χ1n) is 7.09. The topological polar surface area (TPSA) is 96.7 Å². The number of rotatable bonds is 2. The second-order valence-electron chi connectivity index (χ2n) is 4.37. The Bertz CT molecular complexity index is 702. The Morgan fingerprint density at radius 2 is 2.24 bits per heavy atom. The van der Waals surface area contributed by atoms with Crippen molar-refractivity contribution < 1.29 is 4.84 Å². The maximum atomic E-state index is 12.0. The van der Waals surface area contributed by atoms with E-state index < -0.39 is 0 Å². The molecule has 114 valence electrons. The lowest BCUT2D eigenvalue weighted by Crippen LogP contribution is -2.38. The fourth-order valence-corrected chi connectivity index (χ4v) is 1.99. The molecular formula is C13H20N6O2. The van der Waals surface area contributed by atoms with E-state index in [1.807, 2.05) is 20.8 Å². The number of nitrogens with zero attached hydrogens (tertiary/aromatic N) is 4. The zero-order valence-corrected chi connectivity index (χ0v) is 12.7. The van der Waals surface area contributed by atoms with E-state index in [1.165, 1.54) is 6.20 Å². The van der Waals surface area contributed by atoms with Crippen molar-refractivity contribution in [1.29, 1.82) is 0 Å². The van der Waals surface area contributed by atoms with Gasteiger partial charge in [-0.2, -0.15) is 14.7 Å². The number of H-pyrrole nitrogens is 1. The van der Waals surface area contributed by atoms with Crippen LogP contribution in [-0.2, 0) is 4.84 Å². The van der Waals surface area contributed by atoms with Gasteiger partial charge in [0.1, 0.15) is 11.4 Å². The summed E-state index contributed by atoms with van der Waals surface area (Å²) < 4.78 is 1.57. The molecular weight excluding hydrogens is 272 g/mol. The minimum atomic E-state index is -0.227. The van der Waals surface area contributed by atoms with Crippen LogP contribution in [0.4, 0.5) is 0 Å². The predicted octanol–water partition coefficient (Wildman–Crippen LogP) is 0.812. The van der Waals surface area contributed by atoms with Crippen LogP contribution >= 0.6 is 0 Å². The number of fused-ring (bicyclic) bond motifs is 1. The first-order chi connectivity index (χ1) is 10.2. The molecule has 8 heteroatoms. The average molecular weight is 292 g/mol. The van der Waals surface area contributed by atoms with Gasteiger partial charge >= 0.3 is 0 Å². The van der Waals surface area contributed by atoms with Crippen molar-refractivity contribution in [2.24, 2.45) is 4.99 Å². The number of aromatic amines is 1. The minimum Gasteiger partial charge on any atom is -0.287 e. The molecule has 0 fully saturated rings. The first kappa shape index (κ1) is 15.2. The lowest BCUT2D eigenvalue weighted by atomic mass is 10.2. The number of nitrogens with one attached hydrogen (secondary N) is 2. The molecule has 2 aromatic rings. The quantitative estimate of drug-likeness (QED) is 0.854. The number of aryl methyl sites for hydroxylation is 1. The van der Waals surface area contributed by atoms with Gasteiger partial charge in [-0.3, -0.25) is 19.7 Å². The normalized spacial score (nSPS) is 17.7. The summed E-state index contributed by atoms with van der Waals surface area (Å²) in [6.45, 7) is 8.32. The number of aromatic nitrogens is 4. The molecule has 1 unspecified atom stereocenters. The van der Waals surface area contributed by atoms with Gasteiger partial charge in [-0.05, 0) is 13.3 Å². The van der Waals surface area contributed by atoms with Crippen LogP contribution in [0.25, 0.3) is 5.65 Å². The third-order valence-corrected chi connectivity index (χ3v) is 3.08. The zero-order chi connectivity index (χ0) is 15.4. The Morgan fingerprint density at radius 3 is 2.95 bits per heavy atom. The van der Waals surface area contributed by atoms with E-state index in [2.05, 4.69) is 25.8 Å². The molecule has 0 bridgehead atoms. The molecule has 0 amide bonds. The number of hydroxylamine groups is 1. The van der Waals surface area contributed by atoms with Gasteiger partial charge in [0.15, 0.2) is 11.5 Å². The van der Waals surface area contributed by atoms with Gasteiger partial charge in [-0.1, -0.05) is 20.8 Å². The van der Waals surface area contributed by atoms with Gasteiger partial charge in [-0.25, -0.2) is 5.48 Å². The Hall–Kier alpha value is -2.22. The lowest BCUT2D eigenvalue weighted by Gasteiger charge is -2.20. The summed E-state index contributed by atoms with van der Waals surface area (Å²) in [7, 11) is 0. The van der Waals surface area contributed by atoms with E-state index in [0.29, 0.717) is 29.5 Å². The third-order valence-electron chi connectivity index (χ3n) is 3.08. The summed E-state index contributed by atoms with van der Waals surface area (Å²) in [5, 5.41) is 10.9. The van der Waals surface area contributed by atoms with Crippen LogP contribution in [-0.4, -0.2) is 38.3 Å². The summed E-state index contributed by atoms with van der Waals surface area (Å²) >= 11 is 0. The van der Waals surface area contributed by atoms with E-state index in [-0.39, 0.29) is 11.5 Å². The third kappa shape index (κ3) is 2.80. The Morgan fingerprint density at radius 1 is 1.48 bits per heavy atom. The predicted molar refractivity (Wildman–Crippen MR) is 79.4 cm³/mol. The van der Waals surface area contributed by atoms with Gasteiger partial charge in [0.25, 0.3) is 0 Å². The van der Waals surface area contributed by atoms with Crippen molar-refractivity contribution in [2.75, 3.05) is 6.61 Å². The van der Waals surface area contributed by atoms with Crippen LogP contribution in [0.15, 0.2) is 16.0 Å². The number of hydrogen-bond acceptors (Lipinski definition) is 6. The van der Waals surface area contributed by atoms with E-state index in [4.69, 9.17) is 4.84 Å². The standard InChI is InChI=1S/C11H14N6O2.C2H6/c1-3-7-5-19-16-10(13-7)9-8(18)4-12-17-6(2)14-15-11(9)17;1-2/h4,7,15H,3,5H2,1-2H3,(H,13,16);1-2H3. The second kappa shape index (κ2) is 6.49. The molecule has 0 aromatic carbocycles. The molecule has 2 aromatic heterocycles. The number of hydrogen-bond donors (Lipinski definition) is 2. The van der Waals surface area contributed by atoms with E-state index in [0.717, 1.165) is 6.42 Å². The monoisotopic (exact) mass is 292 g/mol. The van der Waals surface area contributed by atoms with Gasteiger partial charge in [0.05, 0.1) is 18.8 Å². The van der Waals surface area contributed by atoms with Gasteiger partial charge in [0.2, 0.25) is 5.43 Å². The molecule has 3 heterocycles. The summed E-state index contributed by atoms with van der Waals surface area (Å²) in [5.41, 5.74) is 3.38. The molecule has 2 N–H and O–H groups in total. The molecule has 21 heavy (non-hydrogen) atoms. The van der Waals surface area contributed by atoms with Crippen molar-refractivity contribution >= 4 is 11.5 Å². The molecule has 8 nitrogen and oxygen atoms in total. The average Bonchev–Trinajstić information content (AvgIpc) is 2.90. The Labute approximate surface area is 122 Å². The molecule has 1 aliphatic heterocycles. The maximum Gasteiger partial charge on any atom is 0.213 e. The Balaban J connectivity index is 0.000000774. The molecule has 3 rings (SSSR count). The van der Waals surface area contributed by atoms with Crippen molar-refractivity contribution in [3.8, 4) is 0 Å². The van der Waals surface area contributed by atoms with Crippen LogP contribution in [0, 0.1) is 6.92 Å². The summed E-state index contributed by atoms with van der Waals surface area (Å²) in [6.07, 6.45) is 2.10. The van der Waals surface area contributed by atoms with Crippen molar-refractivity contribution in [1.82, 2.24) is 25.3 Å². The molecule has 0 spiro atoms. The highest BCUT2D eigenvalue weighted by Gasteiger charge is 2.21. The fourth-order valence-electron chi connectivity index (χ4n) is 1.99. The molecule has 1 aliphatic rings. The molecule has 0 saturated carbocycles. The highest BCUT2D eigenvalue weighted by atomic mass is 16.6. The molecule has 0 aliphatic carbocycles. The van der Waals surface area contributed by atoms with Crippen molar-refractivity contribution in [2.45, 2.75) is 40.2 Å². The van der Waals surface area contributed by atoms with Crippen LogP contribution < -0.4 is 10.9 Å². The number of amidine groups is 1. The summed E-state index contributed by atoms with van der Waals surface area (Å²) in [6, 6.07) is 0.0490. The van der Waals surface area contributed by atoms with Gasteiger partial charge < -0.3 is 0 Å². The zero-order valence-electron chi connectivity index (χ0n) is 12.7. The van der Waals surface area contributed by atoms with Crippen LogP contribution in [0.1, 0.15) is 38.6 Å². The highest BCUT2D eigenvalue weighted by molar-refractivity contribution is 6.03. The first-order valence-corrected chi connectivity index (χ1v) is 7.09. The van der Waals surface area contributed by atoms with Crippen molar-refractivity contribution in [3.05, 3.63) is 27.8 Å². The highest BCUT2D eigenvalue weighted by Crippen LogP contribution is 2.09. The second-order valence-corrected chi connectivity index (χ2v) is 4.37. The van der Waals surface area contributed by atoms with Crippen molar-refractivity contribution in [3.63, 3.8) is 0 Å². The fraction of sp³-hybridized carbons (Fsp3) is 0.538. The summed E-state index contributed by atoms with van der Waals surface area (Å²) in [5.74, 6) is 1.09. The minimum absolute atomic E-state index is 0.0490. The van der Waals surface area contributed by atoms with Crippen LogP contribution in [0.2, 0.25) is 0 Å². The Kier molecular flexibility index (Phi) is 4.69. The lowest BCUT2D eigenvalue weighted by molar-refractivity contribution is 0.0616. The maximum absolute atomic E-state index is 12.0. The molecule has 1 atom stereocenters. The van der Waals surface area contributed by atoms with E-state index in [9.17, 15) is 4.79 Å². The summed E-state index contributed by atoms with van der Waals surface area (Å²) in [4.78, 5) is 21.8. The molecule has 0 saturated heterocycles. The van der Waals surface area contributed by atoms with Crippen LogP contribution in [0.3, 0.4) is 0 Å². The van der Waals surface area contributed by atoms with Crippen LogP contribution in [0.5, 0.6) is 0 Å².